The van der Waals surface area contributed by atoms with Crippen molar-refractivity contribution in [1.29, 1.82) is 0 Å². The van der Waals surface area contributed by atoms with Crippen LogP contribution >= 0.6 is 31.9 Å². The molecule has 0 heterocycles. The summed E-state index contributed by atoms with van der Waals surface area (Å²) in [5.41, 5.74) is 15.6. The van der Waals surface area contributed by atoms with E-state index in [1.165, 1.54) is 39.8 Å². The Kier molecular flexibility index (Phi) is 27.2. The highest BCUT2D eigenvalue weighted by atomic mass is 79.9. The highest BCUT2D eigenvalue weighted by Gasteiger charge is 2.13. The highest BCUT2D eigenvalue weighted by molar-refractivity contribution is 9.11. The molecular weight excluding hydrogens is 552 g/mol. The number of benzene rings is 1. The number of nitrogens with one attached hydrogen (secondary N) is 1. The lowest BCUT2D eigenvalue weighted by atomic mass is 10.1. The normalized spacial score (nSPS) is 9.70. The Labute approximate surface area is 217 Å². The monoisotopic (exact) mass is 594 g/mol. The number of hydrogen-bond acceptors (Lipinski definition) is 5. The average Bonchev–Trinajstić information content (AvgIpc) is 2.82. The first-order valence-corrected chi connectivity index (χ1v) is 12.6. The molecule has 192 valence electrons. The molecule has 1 aromatic carbocycles. The van der Waals surface area contributed by atoms with Gasteiger partial charge in [-0.05, 0) is 63.0 Å². The molecule has 0 aliphatic heterocycles. The number of guanidine groups is 1. The predicted octanol–water partition coefficient (Wildman–Crippen LogP) is 4.41. The minimum atomic E-state index is -0.161. The van der Waals surface area contributed by atoms with Crippen LogP contribution in [0.25, 0.3) is 0 Å². The van der Waals surface area contributed by atoms with Crippen LogP contribution in [0.4, 0.5) is 0 Å². The maximum absolute atomic E-state index is 11.6. The van der Waals surface area contributed by atoms with E-state index in [9.17, 15) is 4.79 Å². The first-order chi connectivity index (χ1) is 15.7. The van der Waals surface area contributed by atoms with Gasteiger partial charge in [0.1, 0.15) is 11.5 Å². The maximum Gasteiger partial charge on any atom is 0.265 e. The van der Waals surface area contributed by atoms with Crippen LogP contribution in [0, 0.1) is 0 Å². The molecular formula is C23H44Br2N6O2. The molecule has 0 fully saturated rings. The van der Waals surface area contributed by atoms with E-state index < -0.39 is 0 Å². The second-order valence-electron chi connectivity index (χ2n) is 6.52. The summed E-state index contributed by atoms with van der Waals surface area (Å²) in [6.07, 6.45) is 6.96. The first-order valence-electron chi connectivity index (χ1n) is 11.1. The third-order valence-corrected chi connectivity index (χ3v) is 5.03. The first kappa shape index (κ1) is 35.9. The van der Waals surface area contributed by atoms with E-state index in [0.29, 0.717) is 18.7 Å². The van der Waals surface area contributed by atoms with Gasteiger partial charge in [-0.15, -0.1) is 0 Å². The van der Waals surface area contributed by atoms with Crippen molar-refractivity contribution in [3.8, 4) is 5.75 Å². The molecule has 0 bridgehead atoms. The molecule has 0 unspecified atom stereocenters. The van der Waals surface area contributed by atoms with Gasteiger partial charge in [0.15, 0.2) is 5.96 Å². The van der Waals surface area contributed by atoms with Crippen LogP contribution < -0.4 is 27.3 Å². The van der Waals surface area contributed by atoms with E-state index in [1.807, 2.05) is 12.1 Å². The standard InChI is InChI=1S/C14H18Br2N2O2.C6H14.C2H7N3.CH5N/c1-4-5-20-13-10(15)6-9(7-11(13)16)8-12(17-2)14(19)18-3;1-3-5-6-4-2;1-5-2(3)4;1-2/h6-7H,4-5,8H2,1-3H3,(H,18,19);3-6H2,1-2H3;1H3,(H4,3,4,5);2H2,1H3. The van der Waals surface area contributed by atoms with E-state index in [4.69, 9.17) is 16.2 Å². The zero-order valence-corrected chi connectivity index (χ0v) is 24.5. The number of rotatable bonds is 9. The molecule has 1 amide bonds. The van der Waals surface area contributed by atoms with E-state index in [2.05, 4.69) is 73.7 Å². The second kappa shape index (κ2) is 25.0. The summed E-state index contributed by atoms with van der Waals surface area (Å²) in [5, 5.41) is 2.59. The smallest absolute Gasteiger partial charge is 0.265 e. The SMILES string of the molecule is CCCCCC.CCCOc1c(Br)cc(CC(=NC)C(=O)NC)cc1Br.CN.CN=C(N)N. The van der Waals surface area contributed by atoms with Crippen molar-refractivity contribution in [3.63, 3.8) is 0 Å². The number of nitrogens with two attached hydrogens (primary N) is 3. The molecule has 0 aliphatic carbocycles. The molecule has 10 heteroatoms. The fourth-order valence-corrected chi connectivity index (χ4v) is 3.67. The number of nitrogens with zero attached hydrogens (tertiary/aromatic N) is 2. The molecule has 0 atom stereocenters. The van der Waals surface area contributed by atoms with E-state index >= 15 is 0 Å². The van der Waals surface area contributed by atoms with Crippen molar-refractivity contribution < 1.29 is 9.53 Å². The van der Waals surface area contributed by atoms with Gasteiger partial charge in [0.2, 0.25) is 0 Å². The molecule has 0 spiro atoms. The second-order valence-corrected chi connectivity index (χ2v) is 8.23. The largest absolute Gasteiger partial charge is 0.491 e. The lowest BCUT2D eigenvalue weighted by Crippen LogP contribution is -2.29. The highest BCUT2D eigenvalue weighted by Crippen LogP contribution is 2.35. The van der Waals surface area contributed by atoms with Crippen LogP contribution in [0.5, 0.6) is 5.75 Å². The molecule has 0 saturated carbocycles. The van der Waals surface area contributed by atoms with Gasteiger partial charge in [-0.2, -0.15) is 0 Å². The molecule has 7 N–H and O–H groups in total. The van der Waals surface area contributed by atoms with E-state index in [1.54, 1.807) is 14.1 Å². The number of ether oxygens (including phenoxy) is 1. The molecule has 1 aromatic rings. The summed E-state index contributed by atoms with van der Waals surface area (Å²) in [7, 11) is 6.25. The van der Waals surface area contributed by atoms with Gasteiger partial charge in [0, 0.05) is 27.6 Å². The van der Waals surface area contributed by atoms with Crippen LogP contribution in [0.3, 0.4) is 0 Å². The zero-order valence-electron chi connectivity index (χ0n) is 21.3. The number of unbranched alkanes of at least 4 members (excludes halogenated alkanes) is 3. The lowest BCUT2D eigenvalue weighted by molar-refractivity contribution is -0.114. The lowest BCUT2D eigenvalue weighted by Gasteiger charge is -2.12. The summed E-state index contributed by atoms with van der Waals surface area (Å²) in [5.74, 6) is 0.751. The van der Waals surface area contributed by atoms with Crippen LogP contribution in [0.1, 0.15) is 58.4 Å². The minimum absolute atomic E-state index is 0.130. The van der Waals surface area contributed by atoms with Gasteiger partial charge >= 0.3 is 0 Å². The van der Waals surface area contributed by atoms with E-state index in [0.717, 1.165) is 26.7 Å². The molecule has 0 aliphatic rings. The fourth-order valence-electron chi connectivity index (χ4n) is 2.15. The summed E-state index contributed by atoms with van der Waals surface area (Å²) in [4.78, 5) is 19.0. The predicted molar refractivity (Wildman–Crippen MR) is 150 cm³/mol. The number of carbonyl (C=O) groups excluding carboxylic acids is 1. The van der Waals surface area contributed by atoms with E-state index in [-0.39, 0.29) is 11.9 Å². The van der Waals surface area contributed by atoms with Gasteiger partial charge in [-0.3, -0.25) is 14.8 Å². The summed E-state index contributed by atoms with van der Waals surface area (Å²) < 4.78 is 7.40. The Morgan fingerprint density at radius 3 is 1.73 bits per heavy atom. The van der Waals surface area contributed by atoms with Gasteiger partial charge < -0.3 is 27.3 Å². The molecule has 1 rings (SSSR count). The Bertz CT molecular complexity index is 667. The van der Waals surface area contributed by atoms with Crippen molar-refractivity contribution in [3.05, 3.63) is 26.6 Å². The van der Waals surface area contributed by atoms with Crippen molar-refractivity contribution >= 4 is 49.4 Å². The number of hydrogen-bond donors (Lipinski definition) is 4. The summed E-state index contributed by atoms with van der Waals surface area (Å²) >= 11 is 7.00. The van der Waals surface area contributed by atoms with Crippen molar-refractivity contribution in [2.24, 2.45) is 27.2 Å². The minimum Gasteiger partial charge on any atom is -0.491 e. The number of aliphatic imine (C=N–C) groups is 2. The van der Waals surface area contributed by atoms with Crippen molar-refractivity contribution in [1.82, 2.24) is 5.32 Å². The maximum atomic E-state index is 11.6. The Balaban J connectivity index is -0.000000570. The molecule has 0 saturated heterocycles. The fraction of sp³-hybridized carbons (Fsp3) is 0.609. The van der Waals surface area contributed by atoms with Gasteiger partial charge in [-0.1, -0.05) is 46.5 Å². The molecule has 33 heavy (non-hydrogen) atoms. The number of carbonyl (C=O) groups is 1. The Morgan fingerprint density at radius 1 is 0.970 bits per heavy atom. The molecule has 0 aromatic heterocycles. The average molecular weight is 596 g/mol. The van der Waals surface area contributed by atoms with Crippen LogP contribution in [0.2, 0.25) is 0 Å². The summed E-state index contributed by atoms with van der Waals surface area (Å²) in [6, 6.07) is 3.90. The topological polar surface area (TPSA) is 141 Å². The van der Waals surface area contributed by atoms with Gasteiger partial charge in [-0.25, -0.2) is 0 Å². The van der Waals surface area contributed by atoms with Crippen LogP contribution in [0.15, 0.2) is 31.1 Å². The Hall–Kier alpha value is -1.65. The number of halogens is 2. The quantitative estimate of drug-likeness (QED) is 0.190. The Morgan fingerprint density at radius 2 is 1.42 bits per heavy atom. The third-order valence-electron chi connectivity index (χ3n) is 3.85. The number of amides is 1. The molecule has 8 nitrogen and oxygen atoms in total. The van der Waals surface area contributed by atoms with Gasteiger partial charge in [0.05, 0.1) is 15.6 Å². The van der Waals surface area contributed by atoms with Crippen LogP contribution in [-0.4, -0.2) is 52.4 Å². The van der Waals surface area contributed by atoms with Gasteiger partial charge in [0.25, 0.3) is 5.91 Å². The van der Waals surface area contributed by atoms with Crippen molar-refractivity contribution in [2.45, 2.75) is 59.3 Å². The van der Waals surface area contributed by atoms with Crippen molar-refractivity contribution in [2.75, 3.05) is 34.8 Å². The molecule has 0 radical (unpaired) electrons. The zero-order chi connectivity index (χ0) is 26.2. The summed E-state index contributed by atoms with van der Waals surface area (Å²) in [6.45, 7) is 7.19. The third kappa shape index (κ3) is 19.5. The van der Waals surface area contributed by atoms with Crippen LogP contribution in [-0.2, 0) is 11.2 Å².